The fraction of sp³-hybridized carbons (Fsp3) is 0.364. The summed E-state index contributed by atoms with van der Waals surface area (Å²) in [5.74, 6) is -0.678. The highest BCUT2D eigenvalue weighted by atomic mass is 19.1. The molecule has 86 valence electrons. The van der Waals surface area contributed by atoms with Gasteiger partial charge in [0, 0.05) is 6.54 Å². The molecule has 1 aromatic rings. The molecule has 1 unspecified atom stereocenters. The van der Waals surface area contributed by atoms with Crippen molar-refractivity contribution in [1.82, 2.24) is 0 Å². The van der Waals surface area contributed by atoms with Crippen LogP contribution in [-0.4, -0.2) is 31.7 Å². The summed E-state index contributed by atoms with van der Waals surface area (Å²) < 4.78 is 18.7. The Kier molecular flexibility index (Phi) is 3.17. The summed E-state index contributed by atoms with van der Waals surface area (Å²) in [6.07, 6.45) is 0. The number of carbonyl (C=O) groups excluding carboxylic acids is 1. The van der Waals surface area contributed by atoms with E-state index < -0.39 is 5.82 Å². The van der Waals surface area contributed by atoms with Crippen LogP contribution >= 0.6 is 0 Å². The van der Waals surface area contributed by atoms with Crippen LogP contribution < -0.4 is 10.6 Å². The molecular weight excluding hydrogens is 211 g/mol. The molecule has 0 aliphatic carbocycles. The molecule has 0 aromatic heterocycles. The molecule has 1 aliphatic heterocycles. The maximum Gasteiger partial charge on any atom is 0.253 e. The molecular formula is C11H13FN2O2. The number of nitrogens with zero attached hydrogens (tertiary/aromatic N) is 1. The number of hydrogen-bond acceptors (Lipinski definition) is 3. The first kappa shape index (κ1) is 11.0. The lowest BCUT2D eigenvalue weighted by atomic mass is 10.1. The molecule has 1 amide bonds. The molecule has 0 bridgehead atoms. The third-order valence-electron chi connectivity index (χ3n) is 2.55. The average molecular weight is 224 g/mol. The number of rotatable bonds is 2. The Bertz CT molecular complexity index is 397. The molecule has 16 heavy (non-hydrogen) atoms. The molecule has 1 saturated heterocycles. The normalized spacial score (nSPS) is 21.2. The van der Waals surface area contributed by atoms with Crippen LogP contribution in [0, 0.1) is 5.82 Å². The summed E-state index contributed by atoms with van der Waals surface area (Å²) in [4.78, 5) is 13.1. The first-order chi connectivity index (χ1) is 7.74. The van der Waals surface area contributed by atoms with Crippen LogP contribution in [0.5, 0.6) is 0 Å². The van der Waals surface area contributed by atoms with E-state index in [-0.39, 0.29) is 30.8 Å². The van der Waals surface area contributed by atoms with Gasteiger partial charge in [-0.1, -0.05) is 12.1 Å². The number of para-hydroxylation sites is 1. The highest BCUT2D eigenvalue weighted by Crippen LogP contribution is 2.23. The van der Waals surface area contributed by atoms with Crippen LogP contribution in [0.25, 0.3) is 0 Å². The first-order valence-corrected chi connectivity index (χ1v) is 5.08. The summed E-state index contributed by atoms with van der Waals surface area (Å²) in [6.45, 7) is 0.571. The average Bonchev–Trinajstić information content (AvgIpc) is 2.30. The fourth-order valence-electron chi connectivity index (χ4n) is 1.78. The van der Waals surface area contributed by atoms with Crippen molar-refractivity contribution in [2.24, 2.45) is 5.73 Å². The number of amides is 1. The summed E-state index contributed by atoms with van der Waals surface area (Å²) in [7, 11) is 0. The summed E-state index contributed by atoms with van der Waals surface area (Å²) >= 11 is 0. The quantitative estimate of drug-likeness (QED) is 0.796. The third-order valence-corrected chi connectivity index (χ3v) is 2.55. The Morgan fingerprint density at radius 2 is 2.25 bits per heavy atom. The van der Waals surface area contributed by atoms with Crippen molar-refractivity contribution in [3.63, 3.8) is 0 Å². The number of hydrogen-bond donors (Lipinski definition) is 1. The van der Waals surface area contributed by atoms with E-state index >= 15 is 0 Å². The minimum atomic E-state index is -0.420. The van der Waals surface area contributed by atoms with Gasteiger partial charge in [-0.25, -0.2) is 4.39 Å². The van der Waals surface area contributed by atoms with Gasteiger partial charge < -0.3 is 15.4 Å². The van der Waals surface area contributed by atoms with Crippen molar-refractivity contribution >= 4 is 11.6 Å². The number of carbonyl (C=O) groups is 1. The van der Waals surface area contributed by atoms with Gasteiger partial charge in [0.15, 0.2) is 0 Å². The van der Waals surface area contributed by atoms with Gasteiger partial charge >= 0.3 is 0 Å². The van der Waals surface area contributed by atoms with Crippen LogP contribution in [0.15, 0.2) is 24.3 Å². The Balaban J connectivity index is 2.36. The summed E-state index contributed by atoms with van der Waals surface area (Å²) in [5, 5.41) is 0. The minimum absolute atomic E-state index is 0.0230. The van der Waals surface area contributed by atoms with Crippen molar-refractivity contribution in [3.8, 4) is 0 Å². The van der Waals surface area contributed by atoms with Gasteiger partial charge in [-0.3, -0.25) is 4.79 Å². The number of morpholine rings is 1. The standard InChI is InChI=1S/C11H13FN2O2/c12-9-3-1-2-4-10(9)14-8(5-13)6-16-7-11(14)15/h1-4,8H,5-7,13H2. The van der Waals surface area contributed by atoms with Gasteiger partial charge in [0.1, 0.15) is 12.4 Å². The molecule has 0 radical (unpaired) electrons. The molecule has 0 spiro atoms. The van der Waals surface area contributed by atoms with Gasteiger partial charge in [0.2, 0.25) is 0 Å². The lowest BCUT2D eigenvalue weighted by Gasteiger charge is -2.34. The zero-order valence-corrected chi connectivity index (χ0v) is 8.73. The van der Waals surface area contributed by atoms with E-state index in [1.165, 1.54) is 11.0 Å². The molecule has 2 rings (SSSR count). The second-order valence-corrected chi connectivity index (χ2v) is 3.62. The number of ether oxygens (including phenoxy) is 1. The molecule has 0 saturated carbocycles. The number of anilines is 1. The van der Waals surface area contributed by atoms with Crippen molar-refractivity contribution in [3.05, 3.63) is 30.1 Å². The highest BCUT2D eigenvalue weighted by molar-refractivity contribution is 5.95. The number of nitrogens with two attached hydrogens (primary N) is 1. The van der Waals surface area contributed by atoms with Gasteiger partial charge in [-0.2, -0.15) is 0 Å². The molecule has 5 heteroatoms. The Hall–Kier alpha value is -1.46. The fourth-order valence-corrected chi connectivity index (χ4v) is 1.78. The van der Waals surface area contributed by atoms with Crippen molar-refractivity contribution in [2.75, 3.05) is 24.7 Å². The molecule has 4 nitrogen and oxygen atoms in total. The predicted molar refractivity (Wildman–Crippen MR) is 57.5 cm³/mol. The lowest BCUT2D eigenvalue weighted by molar-refractivity contribution is -0.127. The predicted octanol–water partition coefficient (Wildman–Crippen LogP) is 0.516. The van der Waals surface area contributed by atoms with Gasteiger partial charge in [-0.15, -0.1) is 0 Å². The second-order valence-electron chi connectivity index (χ2n) is 3.62. The zero-order valence-electron chi connectivity index (χ0n) is 8.73. The lowest BCUT2D eigenvalue weighted by Crippen LogP contribution is -2.53. The van der Waals surface area contributed by atoms with E-state index in [2.05, 4.69) is 0 Å². The summed E-state index contributed by atoms with van der Waals surface area (Å²) in [6, 6.07) is 5.88. The smallest absolute Gasteiger partial charge is 0.253 e. The second kappa shape index (κ2) is 4.59. The molecule has 1 aliphatic rings. The van der Waals surface area contributed by atoms with Crippen LogP contribution in [0.3, 0.4) is 0 Å². The topological polar surface area (TPSA) is 55.6 Å². The molecule has 1 atom stereocenters. The molecule has 2 N–H and O–H groups in total. The van der Waals surface area contributed by atoms with E-state index in [0.717, 1.165) is 0 Å². The van der Waals surface area contributed by atoms with E-state index in [1.807, 2.05) is 0 Å². The van der Waals surface area contributed by atoms with Crippen LogP contribution in [0.4, 0.5) is 10.1 Å². The Labute approximate surface area is 92.8 Å². The van der Waals surface area contributed by atoms with Crippen molar-refractivity contribution < 1.29 is 13.9 Å². The number of benzene rings is 1. The van der Waals surface area contributed by atoms with Crippen molar-refractivity contribution in [2.45, 2.75) is 6.04 Å². The maximum absolute atomic E-state index is 13.6. The highest BCUT2D eigenvalue weighted by Gasteiger charge is 2.30. The minimum Gasteiger partial charge on any atom is -0.369 e. The SMILES string of the molecule is NCC1COCC(=O)N1c1ccccc1F. The largest absolute Gasteiger partial charge is 0.369 e. The molecule has 1 heterocycles. The molecule has 1 fully saturated rings. The molecule has 1 aromatic carbocycles. The summed E-state index contributed by atoms with van der Waals surface area (Å²) in [5.41, 5.74) is 5.82. The monoisotopic (exact) mass is 224 g/mol. The van der Waals surface area contributed by atoms with E-state index in [1.54, 1.807) is 18.2 Å². The van der Waals surface area contributed by atoms with Crippen LogP contribution in [0.2, 0.25) is 0 Å². The van der Waals surface area contributed by atoms with E-state index in [9.17, 15) is 9.18 Å². The Morgan fingerprint density at radius 3 is 2.94 bits per heavy atom. The van der Waals surface area contributed by atoms with Gasteiger partial charge in [0.05, 0.1) is 18.3 Å². The Morgan fingerprint density at radius 1 is 1.50 bits per heavy atom. The van der Waals surface area contributed by atoms with Crippen LogP contribution in [-0.2, 0) is 9.53 Å². The van der Waals surface area contributed by atoms with Crippen molar-refractivity contribution in [1.29, 1.82) is 0 Å². The van der Waals surface area contributed by atoms with E-state index in [4.69, 9.17) is 10.5 Å². The van der Waals surface area contributed by atoms with E-state index in [0.29, 0.717) is 6.61 Å². The van der Waals surface area contributed by atoms with Gasteiger partial charge in [-0.05, 0) is 12.1 Å². The van der Waals surface area contributed by atoms with Crippen LogP contribution in [0.1, 0.15) is 0 Å². The first-order valence-electron chi connectivity index (χ1n) is 5.08. The van der Waals surface area contributed by atoms with Gasteiger partial charge in [0.25, 0.3) is 5.91 Å². The zero-order chi connectivity index (χ0) is 11.5. The number of halogens is 1. The maximum atomic E-state index is 13.6. The third kappa shape index (κ3) is 1.91.